The molecule has 0 spiro atoms. The van der Waals surface area contributed by atoms with Gasteiger partial charge in [-0.15, -0.1) is 0 Å². The van der Waals surface area contributed by atoms with Crippen LogP contribution in [0.1, 0.15) is 26.3 Å². The number of rotatable bonds is 5. The van der Waals surface area contributed by atoms with Gasteiger partial charge in [-0.1, -0.05) is 23.7 Å². The largest absolute Gasteiger partial charge is 0.350 e. The van der Waals surface area contributed by atoms with E-state index >= 15 is 0 Å². The van der Waals surface area contributed by atoms with Crippen molar-refractivity contribution in [1.82, 2.24) is 10.6 Å². The molecule has 0 saturated carbocycles. The minimum absolute atomic E-state index is 0.0218. The molecule has 0 aliphatic carbocycles. The van der Waals surface area contributed by atoms with Crippen LogP contribution in [0.4, 0.5) is 0 Å². The van der Waals surface area contributed by atoms with Crippen LogP contribution >= 0.6 is 11.6 Å². The van der Waals surface area contributed by atoms with Gasteiger partial charge in [-0.05, 0) is 51.4 Å². The van der Waals surface area contributed by atoms with Crippen molar-refractivity contribution in [3.05, 3.63) is 34.9 Å². The second-order valence-corrected chi connectivity index (χ2v) is 5.79. The van der Waals surface area contributed by atoms with E-state index in [-0.39, 0.29) is 11.4 Å². The number of hydrogen-bond donors (Lipinski definition) is 2. The fourth-order valence-corrected chi connectivity index (χ4v) is 1.80. The first-order chi connectivity index (χ1) is 8.37. The molecule has 0 aromatic heterocycles. The van der Waals surface area contributed by atoms with Gasteiger partial charge < -0.3 is 10.6 Å². The van der Waals surface area contributed by atoms with Crippen molar-refractivity contribution in [2.45, 2.75) is 32.7 Å². The molecule has 1 rings (SSSR count). The molecule has 100 valence electrons. The van der Waals surface area contributed by atoms with Crippen molar-refractivity contribution in [1.29, 1.82) is 0 Å². The monoisotopic (exact) mass is 268 g/mol. The Balaban J connectivity index is 2.21. The molecule has 1 aromatic carbocycles. The third-order valence-electron chi connectivity index (χ3n) is 2.28. The highest BCUT2D eigenvalue weighted by Gasteiger charge is 2.12. The van der Waals surface area contributed by atoms with E-state index in [1.165, 1.54) is 5.56 Å². The molecular formula is C14H21ClN2O. The standard InChI is InChI=1S/C14H21ClN2O/c1-14(2,3)17-13(18)10-16-8-7-11-5-4-6-12(15)9-11/h4-6,9,16H,7-8,10H2,1-3H3,(H,17,18). The zero-order chi connectivity index (χ0) is 13.6. The first-order valence-electron chi connectivity index (χ1n) is 6.13. The lowest BCUT2D eigenvalue weighted by molar-refractivity contribution is -0.121. The van der Waals surface area contributed by atoms with Crippen LogP contribution in [0.3, 0.4) is 0 Å². The quantitative estimate of drug-likeness (QED) is 0.805. The first-order valence-corrected chi connectivity index (χ1v) is 6.51. The van der Waals surface area contributed by atoms with Gasteiger partial charge in [-0.3, -0.25) is 4.79 Å². The van der Waals surface area contributed by atoms with Crippen molar-refractivity contribution in [2.75, 3.05) is 13.1 Å². The van der Waals surface area contributed by atoms with Gasteiger partial charge in [-0.2, -0.15) is 0 Å². The predicted octanol–water partition coefficient (Wildman–Crippen LogP) is 2.39. The van der Waals surface area contributed by atoms with Crippen molar-refractivity contribution >= 4 is 17.5 Å². The molecule has 0 bridgehead atoms. The summed E-state index contributed by atoms with van der Waals surface area (Å²) in [5.41, 5.74) is 0.998. The summed E-state index contributed by atoms with van der Waals surface area (Å²) in [5.74, 6) is 0.0218. The third kappa shape index (κ3) is 6.62. The van der Waals surface area contributed by atoms with Crippen molar-refractivity contribution in [3.63, 3.8) is 0 Å². The zero-order valence-electron chi connectivity index (χ0n) is 11.2. The Hall–Kier alpha value is -1.06. The summed E-state index contributed by atoms with van der Waals surface area (Å²) in [5, 5.41) is 6.77. The summed E-state index contributed by atoms with van der Waals surface area (Å²) < 4.78 is 0. The van der Waals surface area contributed by atoms with Gasteiger partial charge >= 0.3 is 0 Å². The Morgan fingerprint density at radius 3 is 2.67 bits per heavy atom. The number of halogens is 1. The van der Waals surface area contributed by atoms with E-state index in [0.717, 1.165) is 18.0 Å². The molecule has 18 heavy (non-hydrogen) atoms. The Morgan fingerprint density at radius 2 is 2.06 bits per heavy atom. The lowest BCUT2D eigenvalue weighted by atomic mass is 10.1. The summed E-state index contributed by atoms with van der Waals surface area (Å²) in [6.07, 6.45) is 0.864. The SMILES string of the molecule is CC(C)(C)NC(=O)CNCCc1cccc(Cl)c1. The van der Waals surface area contributed by atoms with Crippen LogP contribution in [0.2, 0.25) is 5.02 Å². The van der Waals surface area contributed by atoms with E-state index in [1.54, 1.807) is 0 Å². The second-order valence-electron chi connectivity index (χ2n) is 5.35. The molecule has 0 aliphatic rings. The Labute approximate surface area is 114 Å². The van der Waals surface area contributed by atoms with Gasteiger partial charge in [0.25, 0.3) is 0 Å². The highest BCUT2D eigenvalue weighted by molar-refractivity contribution is 6.30. The molecular weight excluding hydrogens is 248 g/mol. The van der Waals surface area contributed by atoms with E-state index < -0.39 is 0 Å². The van der Waals surface area contributed by atoms with E-state index in [9.17, 15) is 4.79 Å². The molecule has 3 nitrogen and oxygen atoms in total. The normalized spacial score (nSPS) is 11.3. The number of benzene rings is 1. The molecule has 0 radical (unpaired) electrons. The van der Waals surface area contributed by atoms with Gasteiger partial charge in [0.2, 0.25) is 5.91 Å². The van der Waals surface area contributed by atoms with Crippen molar-refractivity contribution < 1.29 is 4.79 Å². The molecule has 0 atom stereocenters. The van der Waals surface area contributed by atoms with Crippen molar-refractivity contribution in [3.8, 4) is 0 Å². The summed E-state index contributed by atoms with van der Waals surface area (Å²) in [6, 6.07) is 7.76. The summed E-state index contributed by atoms with van der Waals surface area (Å²) in [6.45, 7) is 7.01. The Kier molecular flexibility index (Phi) is 5.63. The van der Waals surface area contributed by atoms with Gasteiger partial charge in [0.05, 0.1) is 6.54 Å². The van der Waals surface area contributed by atoms with Crippen LogP contribution < -0.4 is 10.6 Å². The molecule has 0 saturated heterocycles. The maximum absolute atomic E-state index is 11.5. The number of hydrogen-bond acceptors (Lipinski definition) is 2. The average Bonchev–Trinajstić information content (AvgIpc) is 2.22. The fraction of sp³-hybridized carbons (Fsp3) is 0.500. The number of carbonyl (C=O) groups is 1. The van der Waals surface area contributed by atoms with Crippen LogP contribution in [-0.4, -0.2) is 24.5 Å². The first kappa shape index (κ1) is 15.0. The van der Waals surface area contributed by atoms with Crippen LogP contribution in [0.5, 0.6) is 0 Å². The molecule has 2 N–H and O–H groups in total. The molecule has 0 fully saturated rings. The lowest BCUT2D eigenvalue weighted by Gasteiger charge is -2.20. The Morgan fingerprint density at radius 1 is 1.33 bits per heavy atom. The van der Waals surface area contributed by atoms with E-state index in [0.29, 0.717) is 6.54 Å². The Bertz CT molecular complexity index is 399. The number of amides is 1. The highest BCUT2D eigenvalue weighted by Crippen LogP contribution is 2.10. The summed E-state index contributed by atoms with van der Waals surface area (Å²) in [7, 11) is 0. The fourth-order valence-electron chi connectivity index (χ4n) is 1.59. The lowest BCUT2D eigenvalue weighted by Crippen LogP contribution is -2.45. The highest BCUT2D eigenvalue weighted by atomic mass is 35.5. The van der Waals surface area contributed by atoms with Crippen molar-refractivity contribution in [2.24, 2.45) is 0 Å². The molecule has 0 heterocycles. The molecule has 0 aliphatic heterocycles. The van der Waals surface area contributed by atoms with Crippen LogP contribution in [0.25, 0.3) is 0 Å². The van der Waals surface area contributed by atoms with E-state index in [1.807, 2.05) is 45.0 Å². The van der Waals surface area contributed by atoms with Gasteiger partial charge in [0, 0.05) is 10.6 Å². The minimum Gasteiger partial charge on any atom is -0.350 e. The van der Waals surface area contributed by atoms with Gasteiger partial charge in [0.1, 0.15) is 0 Å². The van der Waals surface area contributed by atoms with Crippen LogP contribution in [0, 0.1) is 0 Å². The molecule has 1 amide bonds. The summed E-state index contributed by atoms with van der Waals surface area (Å²) >= 11 is 5.90. The number of carbonyl (C=O) groups excluding carboxylic acids is 1. The smallest absolute Gasteiger partial charge is 0.234 e. The van der Waals surface area contributed by atoms with Gasteiger partial charge in [-0.25, -0.2) is 0 Å². The van der Waals surface area contributed by atoms with Gasteiger partial charge in [0.15, 0.2) is 0 Å². The summed E-state index contributed by atoms with van der Waals surface area (Å²) in [4.78, 5) is 11.5. The van der Waals surface area contributed by atoms with Crippen LogP contribution in [-0.2, 0) is 11.2 Å². The maximum Gasteiger partial charge on any atom is 0.234 e. The maximum atomic E-state index is 11.5. The molecule has 1 aromatic rings. The minimum atomic E-state index is -0.175. The molecule has 0 unspecified atom stereocenters. The average molecular weight is 269 g/mol. The van der Waals surface area contributed by atoms with E-state index in [2.05, 4.69) is 10.6 Å². The zero-order valence-corrected chi connectivity index (χ0v) is 12.0. The van der Waals surface area contributed by atoms with E-state index in [4.69, 9.17) is 11.6 Å². The second kappa shape index (κ2) is 6.76. The van der Waals surface area contributed by atoms with Crippen LogP contribution in [0.15, 0.2) is 24.3 Å². The molecule has 4 heteroatoms. The predicted molar refractivity (Wildman–Crippen MR) is 75.9 cm³/mol. The third-order valence-corrected chi connectivity index (χ3v) is 2.51. The number of nitrogens with one attached hydrogen (secondary N) is 2. The topological polar surface area (TPSA) is 41.1 Å².